The number of rotatable bonds is 7. The Bertz CT molecular complexity index is 3360. The van der Waals surface area contributed by atoms with E-state index in [0.717, 1.165) is 57.4 Å². The van der Waals surface area contributed by atoms with E-state index in [2.05, 4.69) is 193 Å². The highest BCUT2D eigenvalue weighted by Gasteiger charge is 2.19. The summed E-state index contributed by atoms with van der Waals surface area (Å²) < 4.78 is 10.9. The second kappa shape index (κ2) is 15.4. The van der Waals surface area contributed by atoms with Gasteiger partial charge in [-0.2, -0.15) is 0 Å². The van der Waals surface area contributed by atoms with Crippen molar-refractivity contribution < 1.29 is 4.42 Å². The number of allylic oxidation sites excluding steroid dienone is 5. The highest BCUT2D eigenvalue weighted by molar-refractivity contribution is 6.12. The van der Waals surface area contributed by atoms with Gasteiger partial charge in [-0.15, -0.1) is 0 Å². The molecular weight excluding hydrogens is 729 g/mol. The molecule has 0 N–H and O–H groups in total. The predicted molar refractivity (Wildman–Crippen MR) is 258 cm³/mol. The molecule has 290 valence electrons. The normalized spacial score (nSPS) is 12.8. The summed E-state index contributed by atoms with van der Waals surface area (Å²) in [6.07, 6.45) is 15.4. The van der Waals surface area contributed by atoms with Crippen molar-refractivity contribution in [2.24, 2.45) is 0 Å². The average Bonchev–Trinajstić information content (AvgIpc) is 3.97. The molecular formula is C57H46N2O. The van der Waals surface area contributed by atoms with E-state index in [4.69, 9.17) is 4.42 Å². The zero-order valence-corrected chi connectivity index (χ0v) is 34.3. The van der Waals surface area contributed by atoms with E-state index >= 15 is 0 Å². The van der Waals surface area contributed by atoms with E-state index in [1.165, 1.54) is 66.1 Å². The molecule has 0 amide bonds. The molecule has 7 aromatic carbocycles. The van der Waals surface area contributed by atoms with E-state index < -0.39 is 0 Å². The van der Waals surface area contributed by atoms with Gasteiger partial charge in [0.1, 0.15) is 11.2 Å². The molecule has 3 heteroatoms. The van der Waals surface area contributed by atoms with Gasteiger partial charge >= 0.3 is 0 Å². The van der Waals surface area contributed by atoms with Gasteiger partial charge in [-0.25, -0.2) is 0 Å². The van der Waals surface area contributed by atoms with Crippen LogP contribution in [0.5, 0.6) is 0 Å². The summed E-state index contributed by atoms with van der Waals surface area (Å²) >= 11 is 0. The molecule has 0 unspecified atom stereocenters. The SMILES string of the molecule is C=Cc1c(/C=C\C)c2cc(-c3ccc4c(c3)c3ccccc3n4-c3ccc4oc5ccccc5c4c3)ccc2n1-c1ccc(-c2cccc(C3=CCCC=C3)c2)cc1.CC. The van der Waals surface area contributed by atoms with Crippen LogP contribution in [-0.2, 0) is 0 Å². The second-order valence-corrected chi connectivity index (χ2v) is 15.2. The molecule has 0 bridgehead atoms. The van der Waals surface area contributed by atoms with Gasteiger partial charge in [0, 0.05) is 43.9 Å². The largest absolute Gasteiger partial charge is 0.456 e. The lowest BCUT2D eigenvalue weighted by Gasteiger charge is -2.12. The van der Waals surface area contributed by atoms with Crippen molar-refractivity contribution in [2.45, 2.75) is 33.6 Å². The van der Waals surface area contributed by atoms with E-state index in [1.54, 1.807) is 0 Å². The molecule has 0 saturated carbocycles. The van der Waals surface area contributed by atoms with Gasteiger partial charge < -0.3 is 13.6 Å². The van der Waals surface area contributed by atoms with Gasteiger partial charge in [0.15, 0.2) is 0 Å². The van der Waals surface area contributed by atoms with Gasteiger partial charge in [-0.05, 0) is 132 Å². The van der Waals surface area contributed by atoms with Crippen LogP contribution in [0.1, 0.15) is 50.4 Å². The van der Waals surface area contributed by atoms with Crippen LogP contribution in [0.2, 0.25) is 0 Å². The quantitative estimate of drug-likeness (QED) is 0.158. The van der Waals surface area contributed by atoms with E-state index in [1.807, 2.05) is 32.1 Å². The molecule has 0 fully saturated rings. The molecule has 0 aliphatic heterocycles. The zero-order chi connectivity index (χ0) is 40.7. The van der Waals surface area contributed by atoms with Crippen LogP contribution in [0.4, 0.5) is 0 Å². The Kier molecular flexibility index (Phi) is 9.50. The molecule has 0 spiro atoms. The van der Waals surface area contributed by atoms with Crippen LogP contribution in [0, 0.1) is 0 Å². The minimum absolute atomic E-state index is 0.901. The molecule has 0 saturated heterocycles. The number of hydrogen-bond acceptors (Lipinski definition) is 1. The molecule has 11 rings (SSSR count). The summed E-state index contributed by atoms with van der Waals surface area (Å²) in [5, 5.41) is 5.90. The Balaban J connectivity index is 0.00000213. The van der Waals surface area contributed by atoms with Crippen molar-refractivity contribution in [1.82, 2.24) is 9.13 Å². The fourth-order valence-electron chi connectivity index (χ4n) is 9.13. The van der Waals surface area contributed by atoms with Gasteiger partial charge in [-0.1, -0.05) is 130 Å². The molecule has 60 heavy (non-hydrogen) atoms. The van der Waals surface area contributed by atoms with Crippen LogP contribution in [0.3, 0.4) is 0 Å². The van der Waals surface area contributed by atoms with Crippen molar-refractivity contribution in [3.63, 3.8) is 0 Å². The van der Waals surface area contributed by atoms with Crippen molar-refractivity contribution in [1.29, 1.82) is 0 Å². The average molecular weight is 775 g/mol. The lowest BCUT2D eigenvalue weighted by molar-refractivity contribution is 0.669. The Morgan fingerprint density at radius 1 is 0.517 bits per heavy atom. The number of fused-ring (bicyclic) bond motifs is 7. The number of hydrogen-bond donors (Lipinski definition) is 0. The summed E-state index contributed by atoms with van der Waals surface area (Å²) in [7, 11) is 0. The number of nitrogens with zero attached hydrogens (tertiary/aromatic N) is 2. The lowest BCUT2D eigenvalue weighted by atomic mass is 9.96. The topological polar surface area (TPSA) is 23.0 Å². The Morgan fingerprint density at radius 3 is 1.93 bits per heavy atom. The Morgan fingerprint density at radius 2 is 1.17 bits per heavy atom. The summed E-state index contributed by atoms with van der Waals surface area (Å²) in [5.74, 6) is 0. The predicted octanol–water partition coefficient (Wildman–Crippen LogP) is 16.4. The summed E-state index contributed by atoms with van der Waals surface area (Å²) in [6, 6.07) is 55.1. The molecule has 3 heterocycles. The number of benzene rings is 7. The molecule has 1 aliphatic carbocycles. The number of furan rings is 1. The van der Waals surface area contributed by atoms with Crippen LogP contribution in [-0.4, -0.2) is 9.13 Å². The summed E-state index contributed by atoms with van der Waals surface area (Å²) in [5.41, 5.74) is 17.1. The van der Waals surface area contributed by atoms with Crippen molar-refractivity contribution in [3.8, 4) is 33.6 Å². The van der Waals surface area contributed by atoms with Crippen molar-refractivity contribution in [3.05, 3.63) is 199 Å². The van der Waals surface area contributed by atoms with Gasteiger partial charge in [0.25, 0.3) is 0 Å². The molecule has 0 atom stereocenters. The van der Waals surface area contributed by atoms with E-state index in [-0.39, 0.29) is 0 Å². The highest BCUT2D eigenvalue weighted by atomic mass is 16.3. The second-order valence-electron chi connectivity index (χ2n) is 15.2. The Labute approximate surface area is 351 Å². The third-order valence-corrected chi connectivity index (χ3v) is 11.8. The first-order valence-corrected chi connectivity index (χ1v) is 21.1. The van der Waals surface area contributed by atoms with Crippen LogP contribution < -0.4 is 0 Å². The van der Waals surface area contributed by atoms with Crippen LogP contribution in [0.25, 0.3) is 106 Å². The van der Waals surface area contributed by atoms with Crippen LogP contribution >= 0.6 is 0 Å². The molecule has 10 aromatic rings. The first kappa shape index (κ1) is 36.9. The maximum atomic E-state index is 6.18. The first-order valence-electron chi connectivity index (χ1n) is 21.1. The smallest absolute Gasteiger partial charge is 0.135 e. The van der Waals surface area contributed by atoms with Gasteiger partial charge in [-0.3, -0.25) is 0 Å². The van der Waals surface area contributed by atoms with Crippen molar-refractivity contribution in [2.75, 3.05) is 0 Å². The third kappa shape index (κ3) is 6.13. The van der Waals surface area contributed by atoms with Crippen molar-refractivity contribution >= 4 is 72.4 Å². The summed E-state index contributed by atoms with van der Waals surface area (Å²) in [4.78, 5) is 0. The number of para-hydroxylation sites is 2. The van der Waals surface area contributed by atoms with Crippen LogP contribution in [0.15, 0.2) is 187 Å². The fourth-order valence-corrected chi connectivity index (χ4v) is 9.13. The maximum Gasteiger partial charge on any atom is 0.135 e. The lowest BCUT2D eigenvalue weighted by Crippen LogP contribution is -1.97. The maximum absolute atomic E-state index is 6.18. The summed E-state index contributed by atoms with van der Waals surface area (Å²) in [6.45, 7) is 10.4. The first-order chi connectivity index (χ1) is 29.7. The standard InChI is InChI=1S/C55H40N2O.C2H6/c1-3-13-44-47-33-40(24-29-52(47)56(50(44)4-2)42-26-22-37(23-27-42)39-17-12-16-38(32-39)36-14-6-5-7-15-36)41-25-30-53-48(34-41)45-18-8-10-20-51(45)57(53)43-28-31-55-49(35-43)46-19-9-11-21-54(46)58-55;1-2/h3-4,6,8-35H,2,5,7H2,1H3;1-2H3/b13-3-;. The van der Waals surface area contributed by atoms with Gasteiger partial charge in [0.05, 0.1) is 22.2 Å². The minimum Gasteiger partial charge on any atom is -0.456 e. The van der Waals surface area contributed by atoms with Gasteiger partial charge in [0.2, 0.25) is 0 Å². The third-order valence-electron chi connectivity index (χ3n) is 11.8. The molecule has 3 nitrogen and oxygen atoms in total. The van der Waals surface area contributed by atoms with E-state index in [0.29, 0.717) is 0 Å². The zero-order valence-electron chi connectivity index (χ0n) is 34.3. The highest BCUT2D eigenvalue weighted by Crippen LogP contribution is 2.40. The fraction of sp³-hybridized carbons (Fsp3) is 0.0877. The molecule has 0 radical (unpaired) electrons. The Hall–Kier alpha value is -7.36. The molecule has 3 aromatic heterocycles. The number of aromatic nitrogens is 2. The molecule has 1 aliphatic rings. The minimum atomic E-state index is 0.901. The monoisotopic (exact) mass is 774 g/mol. The van der Waals surface area contributed by atoms with E-state index in [9.17, 15) is 0 Å².